The summed E-state index contributed by atoms with van der Waals surface area (Å²) in [5.74, 6) is -0.213. The van der Waals surface area contributed by atoms with Crippen LogP contribution in [0.25, 0.3) is 0 Å². The normalized spacial score (nSPS) is 18.6. The molecular weight excluding hydrogens is 192 g/mol. The Hall–Kier alpha value is -0.860. The minimum atomic E-state index is -0.951. The number of hydrogen-bond acceptors (Lipinski definition) is 3. The van der Waals surface area contributed by atoms with Gasteiger partial charge in [0.25, 0.3) is 0 Å². The van der Waals surface area contributed by atoms with Crippen LogP contribution in [0.1, 0.15) is 52.9 Å². The van der Waals surface area contributed by atoms with Gasteiger partial charge >= 0.3 is 5.97 Å². The molecule has 0 N–H and O–H groups in total. The molecule has 1 aliphatic carbocycles. The van der Waals surface area contributed by atoms with Crippen molar-refractivity contribution in [1.29, 1.82) is 0 Å². The molecule has 1 fully saturated rings. The van der Waals surface area contributed by atoms with Crippen LogP contribution in [0.3, 0.4) is 0 Å². The van der Waals surface area contributed by atoms with Crippen LogP contribution in [0.2, 0.25) is 0 Å². The SMILES string of the molecule is CC(=O)OC(C)(C)C(=O)C1CCCCC1. The molecule has 1 saturated carbocycles. The van der Waals surface area contributed by atoms with Crippen molar-refractivity contribution in [2.24, 2.45) is 5.92 Å². The molecule has 0 bridgehead atoms. The molecule has 0 heterocycles. The summed E-state index contributed by atoms with van der Waals surface area (Å²) in [7, 11) is 0. The van der Waals surface area contributed by atoms with E-state index in [4.69, 9.17) is 4.74 Å². The number of ketones is 1. The Morgan fingerprint density at radius 1 is 1.13 bits per heavy atom. The fourth-order valence-electron chi connectivity index (χ4n) is 2.27. The maximum absolute atomic E-state index is 12.1. The number of Topliss-reactive ketones (excluding diaryl/α,β-unsaturated/α-hetero) is 1. The fourth-order valence-corrected chi connectivity index (χ4v) is 2.27. The molecule has 0 aliphatic heterocycles. The molecule has 1 rings (SSSR count). The average Bonchev–Trinajstić information content (AvgIpc) is 2.16. The third-order valence-corrected chi connectivity index (χ3v) is 2.97. The Balaban J connectivity index is 2.60. The molecule has 0 spiro atoms. The van der Waals surface area contributed by atoms with Gasteiger partial charge in [-0.15, -0.1) is 0 Å². The summed E-state index contributed by atoms with van der Waals surface area (Å²) < 4.78 is 5.06. The Bertz CT molecular complexity index is 250. The molecule has 0 unspecified atom stereocenters. The highest BCUT2D eigenvalue weighted by Gasteiger charge is 2.36. The van der Waals surface area contributed by atoms with E-state index in [1.807, 2.05) is 0 Å². The van der Waals surface area contributed by atoms with E-state index < -0.39 is 5.60 Å². The van der Waals surface area contributed by atoms with Gasteiger partial charge < -0.3 is 4.74 Å². The maximum atomic E-state index is 12.1. The Labute approximate surface area is 91.2 Å². The van der Waals surface area contributed by atoms with Crippen LogP contribution in [0.4, 0.5) is 0 Å². The van der Waals surface area contributed by atoms with Crippen molar-refractivity contribution in [3.8, 4) is 0 Å². The van der Waals surface area contributed by atoms with Crippen molar-refractivity contribution in [3.05, 3.63) is 0 Å². The average molecular weight is 212 g/mol. The Morgan fingerprint density at radius 3 is 2.13 bits per heavy atom. The van der Waals surface area contributed by atoms with Gasteiger partial charge in [-0.3, -0.25) is 9.59 Å². The van der Waals surface area contributed by atoms with E-state index in [9.17, 15) is 9.59 Å². The molecule has 0 aromatic rings. The standard InChI is InChI=1S/C12H20O3/c1-9(13)15-12(2,3)11(14)10-7-5-4-6-8-10/h10H,4-8H2,1-3H3. The molecule has 0 aromatic heterocycles. The van der Waals surface area contributed by atoms with Crippen LogP contribution in [0.15, 0.2) is 0 Å². The highest BCUT2D eigenvalue weighted by molar-refractivity contribution is 5.90. The first-order valence-corrected chi connectivity index (χ1v) is 5.67. The number of hydrogen-bond donors (Lipinski definition) is 0. The quantitative estimate of drug-likeness (QED) is 0.675. The van der Waals surface area contributed by atoms with Crippen LogP contribution < -0.4 is 0 Å². The van der Waals surface area contributed by atoms with Gasteiger partial charge in [-0.1, -0.05) is 19.3 Å². The predicted octanol–water partition coefficient (Wildman–Crippen LogP) is 2.48. The van der Waals surface area contributed by atoms with Gasteiger partial charge in [0.2, 0.25) is 0 Å². The van der Waals surface area contributed by atoms with Gasteiger partial charge in [-0.05, 0) is 26.7 Å². The number of carbonyl (C=O) groups is 2. The monoisotopic (exact) mass is 212 g/mol. The third-order valence-electron chi connectivity index (χ3n) is 2.97. The first kappa shape index (κ1) is 12.2. The summed E-state index contributed by atoms with van der Waals surface area (Å²) in [4.78, 5) is 23.0. The zero-order chi connectivity index (χ0) is 11.5. The zero-order valence-corrected chi connectivity index (χ0v) is 9.84. The van der Waals surface area contributed by atoms with Gasteiger partial charge in [0.05, 0.1) is 0 Å². The molecule has 3 nitrogen and oxygen atoms in total. The van der Waals surface area contributed by atoms with E-state index in [1.165, 1.54) is 13.3 Å². The summed E-state index contributed by atoms with van der Waals surface area (Å²) in [6.07, 6.45) is 5.35. The second kappa shape index (κ2) is 4.77. The largest absolute Gasteiger partial charge is 0.452 e. The van der Waals surface area contributed by atoms with Crippen LogP contribution in [0, 0.1) is 5.92 Å². The minimum Gasteiger partial charge on any atom is -0.452 e. The molecule has 3 heteroatoms. The van der Waals surface area contributed by atoms with E-state index in [1.54, 1.807) is 13.8 Å². The van der Waals surface area contributed by atoms with Crippen molar-refractivity contribution in [1.82, 2.24) is 0 Å². The molecule has 15 heavy (non-hydrogen) atoms. The van der Waals surface area contributed by atoms with Crippen molar-refractivity contribution < 1.29 is 14.3 Å². The summed E-state index contributed by atoms with van der Waals surface area (Å²) in [5, 5.41) is 0. The minimum absolute atomic E-state index is 0.0809. The zero-order valence-electron chi connectivity index (χ0n) is 9.84. The first-order valence-electron chi connectivity index (χ1n) is 5.67. The molecule has 0 radical (unpaired) electrons. The van der Waals surface area contributed by atoms with Crippen molar-refractivity contribution >= 4 is 11.8 Å². The second-order valence-electron chi connectivity index (χ2n) is 4.80. The summed E-state index contributed by atoms with van der Waals surface area (Å²) >= 11 is 0. The fraction of sp³-hybridized carbons (Fsp3) is 0.833. The highest BCUT2D eigenvalue weighted by atomic mass is 16.6. The second-order valence-corrected chi connectivity index (χ2v) is 4.80. The van der Waals surface area contributed by atoms with E-state index >= 15 is 0 Å². The smallest absolute Gasteiger partial charge is 0.303 e. The molecule has 0 aromatic carbocycles. The van der Waals surface area contributed by atoms with E-state index in [2.05, 4.69) is 0 Å². The van der Waals surface area contributed by atoms with Crippen LogP contribution in [-0.4, -0.2) is 17.4 Å². The highest BCUT2D eigenvalue weighted by Crippen LogP contribution is 2.29. The number of carbonyl (C=O) groups excluding carboxylic acids is 2. The van der Waals surface area contributed by atoms with Crippen molar-refractivity contribution in [3.63, 3.8) is 0 Å². The molecular formula is C12H20O3. The lowest BCUT2D eigenvalue weighted by Crippen LogP contribution is -2.41. The van der Waals surface area contributed by atoms with Gasteiger partial charge in [0.15, 0.2) is 11.4 Å². The summed E-state index contributed by atoms with van der Waals surface area (Å²) in [5.41, 5.74) is -0.951. The summed E-state index contributed by atoms with van der Waals surface area (Å²) in [6.45, 7) is 4.71. The van der Waals surface area contributed by atoms with Crippen molar-refractivity contribution in [2.75, 3.05) is 0 Å². The molecule has 0 saturated heterocycles. The number of ether oxygens (including phenoxy) is 1. The third kappa shape index (κ3) is 3.33. The van der Waals surface area contributed by atoms with Gasteiger partial charge in [0.1, 0.15) is 0 Å². The van der Waals surface area contributed by atoms with E-state index in [0.29, 0.717) is 0 Å². The maximum Gasteiger partial charge on any atom is 0.303 e. The Morgan fingerprint density at radius 2 is 1.67 bits per heavy atom. The molecule has 0 atom stereocenters. The lowest BCUT2D eigenvalue weighted by Gasteiger charge is -2.29. The number of rotatable bonds is 3. The van der Waals surface area contributed by atoms with E-state index in [-0.39, 0.29) is 17.7 Å². The Kier molecular flexibility index (Phi) is 3.89. The van der Waals surface area contributed by atoms with Crippen molar-refractivity contribution in [2.45, 2.75) is 58.5 Å². The predicted molar refractivity (Wildman–Crippen MR) is 57.4 cm³/mol. The van der Waals surface area contributed by atoms with Gasteiger partial charge in [-0.25, -0.2) is 0 Å². The molecule has 0 amide bonds. The first-order chi connectivity index (χ1) is 6.93. The summed E-state index contributed by atoms with van der Waals surface area (Å²) in [6, 6.07) is 0. The molecule has 86 valence electrons. The van der Waals surface area contributed by atoms with Crippen LogP contribution in [-0.2, 0) is 14.3 Å². The molecule has 1 aliphatic rings. The van der Waals surface area contributed by atoms with Crippen LogP contribution >= 0.6 is 0 Å². The topological polar surface area (TPSA) is 43.4 Å². The van der Waals surface area contributed by atoms with Gasteiger partial charge in [0, 0.05) is 12.8 Å². The van der Waals surface area contributed by atoms with E-state index in [0.717, 1.165) is 25.7 Å². The van der Waals surface area contributed by atoms with Gasteiger partial charge in [-0.2, -0.15) is 0 Å². The van der Waals surface area contributed by atoms with Crippen LogP contribution in [0.5, 0.6) is 0 Å². The number of esters is 1. The lowest BCUT2D eigenvalue weighted by atomic mass is 9.81. The lowest BCUT2D eigenvalue weighted by molar-refractivity contribution is -0.164.